The van der Waals surface area contributed by atoms with Gasteiger partial charge in [0, 0.05) is 11.1 Å². The van der Waals surface area contributed by atoms with Crippen LogP contribution >= 0.6 is 0 Å². The van der Waals surface area contributed by atoms with E-state index in [1.807, 2.05) is 18.2 Å². The summed E-state index contributed by atoms with van der Waals surface area (Å²) >= 11 is 0. The molecule has 2 N–H and O–H groups in total. The number of allylic oxidation sites excluding steroid dienone is 2. The molecule has 1 aliphatic heterocycles. The molecule has 0 spiro atoms. The number of benzene rings is 2. The van der Waals surface area contributed by atoms with Gasteiger partial charge in [-0.15, -0.1) is 0 Å². The molecule has 3 atom stereocenters. The number of methoxy groups -OCH3 is 1. The minimum absolute atomic E-state index is 0.110. The number of rotatable bonds is 7. The molecule has 2 heterocycles. The normalized spacial score (nSPS) is 19.4. The molecule has 2 aromatic carbocycles. The number of carbonyl (C=O) groups is 1. The van der Waals surface area contributed by atoms with Gasteiger partial charge in [0.1, 0.15) is 23.4 Å². The number of fused-ring (bicyclic) bond motifs is 1. The highest BCUT2D eigenvalue weighted by atomic mass is 19.1. The van der Waals surface area contributed by atoms with Crippen molar-refractivity contribution in [2.45, 2.75) is 58.7 Å². The van der Waals surface area contributed by atoms with Crippen LogP contribution in [0.1, 0.15) is 74.8 Å². The van der Waals surface area contributed by atoms with E-state index in [9.17, 15) is 15.0 Å². The zero-order chi connectivity index (χ0) is 27.9. The molecule has 0 fully saturated rings. The van der Waals surface area contributed by atoms with Gasteiger partial charge in [0.2, 0.25) is 0 Å². The quantitative estimate of drug-likeness (QED) is 0.344. The number of hydrogen-bond donors (Lipinski definition) is 2. The van der Waals surface area contributed by atoms with Gasteiger partial charge in [-0.1, -0.05) is 38.1 Å². The van der Waals surface area contributed by atoms with Crippen molar-refractivity contribution in [1.82, 2.24) is 4.98 Å². The van der Waals surface area contributed by atoms with Crippen LogP contribution in [-0.4, -0.2) is 28.3 Å². The Kier molecular flexibility index (Phi) is 7.21. The number of nitrogens with zero attached hydrogens (tertiary/aromatic N) is 1. The molecule has 0 radical (unpaired) electrons. The molecular weight excluding hydrogens is 497 g/mol. The van der Waals surface area contributed by atoms with Gasteiger partial charge in [-0.05, 0) is 85.1 Å². The Morgan fingerprint density at radius 2 is 1.95 bits per heavy atom. The fourth-order valence-corrected chi connectivity index (χ4v) is 5.52. The van der Waals surface area contributed by atoms with E-state index in [4.69, 9.17) is 14.5 Å². The van der Waals surface area contributed by atoms with Crippen LogP contribution in [0, 0.1) is 17.2 Å². The van der Waals surface area contributed by atoms with Crippen molar-refractivity contribution in [2.75, 3.05) is 7.11 Å². The molecule has 3 aromatic rings. The summed E-state index contributed by atoms with van der Waals surface area (Å²) < 4.78 is 26.9. The van der Waals surface area contributed by atoms with Crippen molar-refractivity contribution in [1.29, 1.82) is 0 Å². The molecule has 0 saturated heterocycles. The molecule has 39 heavy (non-hydrogen) atoms. The number of aliphatic hydroxyl groups is 1. The third-order valence-electron chi connectivity index (χ3n) is 8.05. The summed E-state index contributed by atoms with van der Waals surface area (Å²) in [5.41, 5.74) is 5.12. The van der Waals surface area contributed by atoms with Crippen LogP contribution in [0.4, 0.5) is 4.39 Å². The Bertz CT molecular complexity index is 1450. The van der Waals surface area contributed by atoms with E-state index in [-0.39, 0.29) is 17.3 Å². The number of aliphatic hydroxyl groups excluding tert-OH is 1. The SMILES string of the molecule is COc1ccc(F)c(-c2ccc(C3CCc4ccc([C@H](O)[C@H](C)C(=O)O)cc4O3)nc2C2=CCCC2(C)C)c1. The van der Waals surface area contributed by atoms with Gasteiger partial charge in [-0.2, -0.15) is 0 Å². The fourth-order valence-electron chi connectivity index (χ4n) is 5.52. The van der Waals surface area contributed by atoms with Gasteiger partial charge >= 0.3 is 5.97 Å². The number of aryl methyl sites for hydroxylation is 1. The third kappa shape index (κ3) is 5.15. The van der Waals surface area contributed by atoms with Crippen LogP contribution in [0.2, 0.25) is 0 Å². The Hall–Kier alpha value is -3.71. The van der Waals surface area contributed by atoms with Crippen LogP contribution in [0.3, 0.4) is 0 Å². The second kappa shape index (κ2) is 10.5. The van der Waals surface area contributed by atoms with Crippen LogP contribution in [0.25, 0.3) is 16.7 Å². The highest BCUT2D eigenvalue weighted by molar-refractivity contribution is 5.83. The number of pyridine rings is 1. The summed E-state index contributed by atoms with van der Waals surface area (Å²) in [7, 11) is 1.56. The van der Waals surface area contributed by atoms with Gasteiger partial charge in [0.15, 0.2) is 0 Å². The molecular formula is C32H34FNO5. The number of hydrogen-bond acceptors (Lipinski definition) is 5. The minimum Gasteiger partial charge on any atom is -0.497 e. The first-order valence-corrected chi connectivity index (χ1v) is 13.4. The second-order valence-corrected chi connectivity index (χ2v) is 11.1. The smallest absolute Gasteiger partial charge is 0.309 e. The van der Waals surface area contributed by atoms with Crippen molar-refractivity contribution in [2.24, 2.45) is 11.3 Å². The first kappa shape index (κ1) is 26.9. The van der Waals surface area contributed by atoms with Gasteiger partial charge in [0.25, 0.3) is 0 Å². The highest BCUT2D eigenvalue weighted by Crippen LogP contribution is 2.47. The van der Waals surface area contributed by atoms with Crippen molar-refractivity contribution in [3.63, 3.8) is 0 Å². The largest absolute Gasteiger partial charge is 0.497 e. The monoisotopic (exact) mass is 531 g/mol. The maximum Gasteiger partial charge on any atom is 0.309 e. The molecule has 5 rings (SSSR count). The van der Waals surface area contributed by atoms with Crippen LogP contribution in [0.15, 0.2) is 54.6 Å². The number of aromatic nitrogens is 1. The molecule has 204 valence electrons. The topological polar surface area (TPSA) is 88.9 Å². The third-order valence-corrected chi connectivity index (χ3v) is 8.05. The summed E-state index contributed by atoms with van der Waals surface area (Å²) in [5.74, 6) is -1.16. The zero-order valence-corrected chi connectivity index (χ0v) is 22.7. The molecule has 7 heteroatoms. The van der Waals surface area contributed by atoms with Crippen molar-refractivity contribution in [3.05, 3.63) is 82.9 Å². The maximum absolute atomic E-state index is 15.1. The molecule has 2 aliphatic rings. The van der Waals surface area contributed by atoms with Gasteiger partial charge in [-0.3, -0.25) is 4.79 Å². The van der Waals surface area contributed by atoms with Gasteiger partial charge in [-0.25, -0.2) is 9.37 Å². The summed E-state index contributed by atoms with van der Waals surface area (Å²) in [5, 5.41) is 19.9. The summed E-state index contributed by atoms with van der Waals surface area (Å²) in [6.07, 6.45) is 4.10. The van der Waals surface area contributed by atoms with Crippen molar-refractivity contribution >= 4 is 11.5 Å². The standard InChI is InChI=1S/C32H34FNO5/c1-18(31(36)37)30(35)20-8-7-19-9-14-27(39-28(19)16-20)26-13-11-22(23-17-21(38-4)10-12-25(23)33)29(34-26)24-6-5-15-32(24,2)3/h6-8,10-13,16-18,27,30,35H,5,9,14-15H2,1-4H3,(H,36,37)/t18-,27?,30+/m0/s1. The molecule has 0 saturated carbocycles. The van der Waals surface area contributed by atoms with Crippen molar-refractivity contribution in [3.8, 4) is 22.6 Å². The molecule has 0 amide bonds. The Balaban J connectivity index is 1.53. The summed E-state index contributed by atoms with van der Waals surface area (Å²) in [4.78, 5) is 16.5. The lowest BCUT2D eigenvalue weighted by molar-refractivity contribution is -0.145. The van der Waals surface area contributed by atoms with Gasteiger partial charge < -0.3 is 19.7 Å². The minimum atomic E-state index is -1.14. The molecule has 1 aliphatic carbocycles. The van der Waals surface area contributed by atoms with E-state index in [1.54, 1.807) is 31.4 Å². The fraction of sp³-hybridized carbons (Fsp3) is 0.375. The summed E-state index contributed by atoms with van der Waals surface area (Å²) in [6, 6.07) is 13.9. The van der Waals surface area contributed by atoms with E-state index in [0.717, 1.165) is 41.8 Å². The van der Waals surface area contributed by atoms with E-state index in [0.29, 0.717) is 34.6 Å². The van der Waals surface area contributed by atoms with Crippen LogP contribution in [0.5, 0.6) is 11.5 Å². The van der Waals surface area contributed by atoms with Crippen molar-refractivity contribution < 1.29 is 28.9 Å². The predicted octanol–water partition coefficient (Wildman–Crippen LogP) is 6.92. The molecule has 0 bridgehead atoms. The molecule has 1 unspecified atom stereocenters. The maximum atomic E-state index is 15.1. The lowest BCUT2D eigenvalue weighted by atomic mass is 9.81. The Morgan fingerprint density at radius 3 is 2.64 bits per heavy atom. The van der Waals surface area contributed by atoms with E-state index in [1.165, 1.54) is 13.0 Å². The first-order valence-electron chi connectivity index (χ1n) is 13.4. The average Bonchev–Trinajstić information content (AvgIpc) is 3.30. The Morgan fingerprint density at radius 1 is 1.15 bits per heavy atom. The number of ether oxygens (including phenoxy) is 2. The molecule has 1 aromatic heterocycles. The van der Waals surface area contributed by atoms with Gasteiger partial charge in [0.05, 0.1) is 30.5 Å². The Labute approximate surface area is 228 Å². The first-order chi connectivity index (χ1) is 18.6. The lowest BCUT2D eigenvalue weighted by Crippen LogP contribution is -2.20. The van der Waals surface area contributed by atoms with E-state index >= 15 is 4.39 Å². The summed E-state index contributed by atoms with van der Waals surface area (Å²) in [6.45, 7) is 5.85. The number of carboxylic acid groups (broad SMARTS) is 1. The number of halogens is 1. The van der Waals surface area contributed by atoms with E-state index in [2.05, 4.69) is 19.9 Å². The molecule has 6 nitrogen and oxygen atoms in total. The van der Waals surface area contributed by atoms with Crippen LogP contribution < -0.4 is 9.47 Å². The lowest BCUT2D eigenvalue weighted by Gasteiger charge is -2.29. The highest BCUT2D eigenvalue weighted by Gasteiger charge is 2.33. The number of carboxylic acids is 1. The average molecular weight is 532 g/mol. The predicted molar refractivity (Wildman–Crippen MR) is 147 cm³/mol. The second-order valence-electron chi connectivity index (χ2n) is 11.1. The van der Waals surface area contributed by atoms with Crippen LogP contribution in [-0.2, 0) is 11.2 Å². The number of aliphatic carboxylic acids is 1. The van der Waals surface area contributed by atoms with E-state index < -0.39 is 18.0 Å². The zero-order valence-electron chi connectivity index (χ0n) is 22.7.